The second-order valence-corrected chi connectivity index (χ2v) is 5.84. The molecule has 0 spiro atoms. The predicted molar refractivity (Wildman–Crippen MR) is 69.2 cm³/mol. The highest BCUT2D eigenvalue weighted by Crippen LogP contribution is 2.31. The Bertz CT molecular complexity index is 166. The summed E-state index contributed by atoms with van der Waals surface area (Å²) < 4.78 is 0. The first kappa shape index (κ1) is 15.0. The lowest BCUT2D eigenvalue weighted by atomic mass is 9.78. The fourth-order valence-electron chi connectivity index (χ4n) is 1.82. The molecule has 1 radical (unpaired) electrons. The lowest BCUT2D eigenvalue weighted by Crippen LogP contribution is -2.54. The molecule has 91 valence electrons. The summed E-state index contributed by atoms with van der Waals surface area (Å²) in [6.07, 6.45) is 2.26. The molecule has 0 amide bonds. The van der Waals surface area contributed by atoms with Crippen molar-refractivity contribution in [2.75, 3.05) is 0 Å². The molecule has 0 bridgehead atoms. The number of rotatable bonds is 6. The van der Waals surface area contributed by atoms with Gasteiger partial charge in [0, 0.05) is 11.1 Å². The average Bonchev–Trinajstić information content (AvgIpc) is 2.16. The van der Waals surface area contributed by atoms with Crippen LogP contribution in [0.2, 0.25) is 0 Å². The Morgan fingerprint density at radius 2 is 1.07 bits per heavy atom. The molecule has 0 saturated carbocycles. The van der Waals surface area contributed by atoms with Crippen molar-refractivity contribution < 1.29 is 0 Å². The van der Waals surface area contributed by atoms with Crippen molar-refractivity contribution in [2.24, 2.45) is 11.8 Å². The van der Waals surface area contributed by atoms with E-state index in [1.165, 1.54) is 0 Å². The van der Waals surface area contributed by atoms with Crippen LogP contribution >= 0.6 is 0 Å². The summed E-state index contributed by atoms with van der Waals surface area (Å²) in [4.78, 5) is 0. The van der Waals surface area contributed by atoms with Crippen LogP contribution in [0.4, 0.5) is 0 Å². The summed E-state index contributed by atoms with van der Waals surface area (Å²) in [6, 6.07) is 0. The molecular formula is C14H30N. The maximum absolute atomic E-state index is 5.18. The molecule has 0 heterocycles. The molecule has 15 heavy (non-hydrogen) atoms. The molecule has 0 saturated heterocycles. The van der Waals surface area contributed by atoms with Gasteiger partial charge in [0.2, 0.25) is 0 Å². The lowest BCUT2D eigenvalue weighted by Gasteiger charge is -2.43. The van der Waals surface area contributed by atoms with Crippen LogP contribution in [0.25, 0.3) is 0 Å². The SMILES string of the molecule is CCC(C)([N]C(C)(CC)C(C)C)C(C)C. The number of nitrogens with zero attached hydrogens (tertiary/aromatic N) is 1. The fourth-order valence-corrected chi connectivity index (χ4v) is 1.82. The monoisotopic (exact) mass is 212 g/mol. The van der Waals surface area contributed by atoms with Crippen molar-refractivity contribution in [1.29, 1.82) is 0 Å². The van der Waals surface area contributed by atoms with Gasteiger partial charge in [-0.15, -0.1) is 0 Å². The summed E-state index contributed by atoms with van der Waals surface area (Å²) >= 11 is 0. The van der Waals surface area contributed by atoms with Gasteiger partial charge in [-0.25, -0.2) is 5.32 Å². The minimum absolute atomic E-state index is 0.134. The van der Waals surface area contributed by atoms with Gasteiger partial charge in [-0.2, -0.15) is 0 Å². The Morgan fingerprint density at radius 3 is 1.20 bits per heavy atom. The molecular weight excluding hydrogens is 182 g/mol. The van der Waals surface area contributed by atoms with Crippen LogP contribution in [0, 0.1) is 11.8 Å². The van der Waals surface area contributed by atoms with Crippen LogP contribution in [-0.2, 0) is 0 Å². The zero-order chi connectivity index (χ0) is 12.3. The summed E-state index contributed by atoms with van der Waals surface area (Å²) in [5.41, 5.74) is 0.268. The first-order valence-corrected chi connectivity index (χ1v) is 6.46. The van der Waals surface area contributed by atoms with E-state index in [1.807, 2.05) is 0 Å². The van der Waals surface area contributed by atoms with Crippen molar-refractivity contribution in [2.45, 2.75) is 79.3 Å². The Balaban J connectivity index is 4.79. The molecule has 1 heteroatoms. The van der Waals surface area contributed by atoms with Crippen LogP contribution in [0.3, 0.4) is 0 Å². The highest BCUT2D eigenvalue weighted by atomic mass is 15.1. The lowest BCUT2D eigenvalue weighted by molar-refractivity contribution is 0.125. The Labute approximate surface area is 97.0 Å². The summed E-state index contributed by atoms with van der Waals surface area (Å²) in [5.74, 6) is 1.24. The van der Waals surface area contributed by atoms with E-state index in [2.05, 4.69) is 55.4 Å². The Hall–Kier alpha value is -0.0400. The van der Waals surface area contributed by atoms with Gasteiger partial charge in [-0.3, -0.25) is 0 Å². The molecule has 0 aliphatic carbocycles. The largest absolute Gasteiger partial charge is 0.229 e. The van der Waals surface area contributed by atoms with Crippen molar-refractivity contribution in [1.82, 2.24) is 5.32 Å². The molecule has 0 N–H and O–H groups in total. The molecule has 2 unspecified atom stereocenters. The summed E-state index contributed by atoms with van der Waals surface area (Å²) in [6.45, 7) is 18.2. The molecule has 0 aliphatic rings. The second kappa shape index (κ2) is 5.34. The Morgan fingerprint density at radius 1 is 0.800 bits per heavy atom. The van der Waals surface area contributed by atoms with Crippen molar-refractivity contribution >= 4 is 0 Å². The highest BCUT2D eigenvalue weighted by Gasteiger charge is 2.37. The zero-order valence-electron chi connectivity index (χ0n) is 12.0. The van der Waals surface area contributed by atoms with Crippen LogP contribution in [-0.4, -0.2) is 11.1 Å². The van der Waals surface area contributed by atoms with Crippen molar-refractivity contribution in [3.63, 3.8) is 0 Å². The van der Waals surface area contributed by atoms with Crippen LogP contribution in [0.1, 0.15) is 68.2 Å². The van der Waals surface area contributed by atoms with Crippen LogP contribution in [0.15, 0.2) is 0 Å². The molecule has 0 rings (SSSR count). The average molecular weight is 212 g/mol. The minimum atomic E-state index is 0.134. The van der Waals surface area contributed by atoms with E-state index in [0.717, 1.165) is 12.8 Å². The third kappa shape index (κ3) is 3.48. The normalized spacial score (nSPS) is 20.4. The van der Waals surface area contributed by atoms with Crippen LogP contribution < -0.4 is 5.32 Å². The first-order valence-electron chi connectivity index (χ1n) is 6.46. The maximum Gasteiger partial charge on any atom is 0.0355 e. The van der Waals surface area contributed by atoms with Gasteiger partial charge < -0.3 is 0 Å². The Kier molecular flexibility index (Phi) is 5.32. The highest BCUT2D eigenvalue weighted by molar-refractivity contribution is 4.95. The van der Waals surface area contributed by atoms with E-state index in [-0.39, 0.29) is 11.1 Å². The van der Waals surface area contributed by atoms with E-state index in [4.69, 9.17) is 5.32 Å². The van der Waals surface area contributed by atoms with Gasteiger partial charge in [0.05, 0.1) is 0 Å². The zero-order valence-corrected chi connectivity index (χ0v) is 12.0. The van der Waals surface area contributed by atoms with Crippen LogP contribution in [0.5, 0.6) is 0 Å². The van der Waals surface area contributed by atoms with E-state index in [0.29, 0.717) is 11.8 Å². The summed E-state index contributed by atoms with van der Waals surface area (Å²) in [5, 5.41) is 5.18. The van der Waals surface area contributed by atoms with Gasteiger partial charge in [0.25, 0.3) is 0 Å². The van der Waals surface area contributed by atoms with E-state index in [9.17, 15) is 0 Å². The standard InChI is InChI=1S/C14H30N/c1-9-13(7,11(3)4)15-14(8,10-2)12(5)6/h11-12H,9-10H2,1-8H3. The first-order chi connectivity index (χ1) is 6.72. The molecule has 0 aromatic heterocycles. The van der Waals surface area contributed by atoms with Gasteiger partial charge in [0.15, 0.2) is 0 Å². The number of hydrogen-bond donors (Lipinski definition) is 0. The molecule has 0 aromatic carbocycles. The van der Waals surface area contributed by atoms with Gasteiger partial charge in [0.1, 0.15) is 0 Å². The van der Waals surface area contributed by atoms with E-state index in [1.54, 1.807) is 0 Å². The fraction of sp³-hybridized carbons (Fsp3) is 1.00. The van der Waals surface area contributed by atoms with E-state index < -0.39 is 0 Å². The third-order valence-corrected chi connectivity index (χ3v) is 4.43. The minimum Gasteiger partial charge on any atom is -0.229 e. The molecule has 0 fully saturated rings. The van der Waals surface area contributed by atoms with Gasteiger partial charge >= 0.3 is 0 Å². The van der Waals surface area contributed by atoms with Gasteiger partial charge in [-0.05, 0) is 38.5 Å². The molecule has 2 atom stereocenters. The molecule has 0 aromatic rings. The van der Waals surface area contributed by atoms with Crippen molar-refractivity contribution in [3.05, 3.63) is 0 Å². The number of hydrogen-bond acceptors (Lipinski definition) is 0. The third-order valence-electron chi connectivity index (χ3n) is 4.43. The van der Waals surface area contributed by atoms with Gasteiger partial charge in [-0.1, -0.05) is 41.5 Å². The second-order valence-electron chi connectivity index (χ2n) is 5.84. The molecule has 1 nitrogen and oxygen atoms in total. The molecule has 0 aliphatic heterocycles. The predicted octanol–water partition coefficient (Wildman–Crippen LogP) is 4.24. The topological polar surface area (TPSA) is 14.1 Å². The quantitative estimate of drug-likeness (QED) is 0.625. The smallest absolute Gasteiger partial charge is 0.0355 e. The summed E-state index contributed by atoms with van der Waals surface area (Å²) in [7, 11) is 0. The van der Waals surface area contributed by atoms with E-state index >= 15 is 0 Å². The van der Waals surface area contributed by atoms with Crippen molar-refractivity contribution in [3.8, 4) is 0 Å². The maximum atomic E-state index is 5.18.